The summed E-state index contributed by atoms with van der Waals surface area (Å²) in [5.41, 5.74) is 0.525. The number of ketones is 1. The van der Waals surface area contributed by atoms with Crippen LogP contribution in [0, 0.1) is 0 Å². The second kappa shape index (κ2) is 5.29. The monoisotopic (exact) mass is 253 g/mol. The van der Waals surface area contributed by atoms with Gasteiger partial charge >= 0.3 is 0 Å². The molecule has 4 nitrogen and oxygen atoms in total. The number of benzene rings is 1. The first-order valence-electron chi connectivity index (χ1n) is 5.31. The maximum atomic E-state index is 11.9. The van der Waals surface area contributed by atoms with E-state index in [9.17, 15) is 9.59 Å². The lowest BCUT2D eigenvalue weighted by Crippen LogP contribution is -2.44. The van der Waals surface area contributed by atoms with Crippen molar-refractivity contribution in [3.63, 3.8) is 0 Å². The molecule has 17 heavy (non-hydrogen) atoms. The minimum atomic E-state index is -0.147. The summed E-state index contributed by atoms with van der Waals surface area (Å²) in [6, 6.07) is 6.73. The number of carbonyl (C=O) groups excluding carboxylic acids is 2. The zero-order valence-corrected chi connectivity index (χ0v) is 9.94. The van der Waals surface area contributed by atoms with E-state index in [0.29, 0.717) is 23.7 Å². The van der Waals surface area contributed by atoms with Gasteiger partial charge in [0.05, 0.1) is 13.2 Å². The van der Waals surface area contributed by atoms with Gasteiger partial charge < -0.3 is 9.64 Å². The molecule has 1 fully saturated rings. The van der Waals surface area contributed by atoms with Crippen LogP contribution in [0.2, 0.25) is 5.02 Å². The summed E-state index contributed by atoms with van der Waals surface area (Å²) in [5.74, 6) is -0.255. The van der Waals surface area contributed by atoms with Crippen LogP contribution < -0.4 is 0 Å². The average molecular weight is 254 g/mol. The minimum Gasteiger partial charge on any atom is -0.370 e. The maximum absolute atomic E-state index is 11.9. The zero-order valence-electron chi connectivity index (χ0n) is 9.19. The van der Waals surface area contributed by atoms with Crippen molar-refractivity contribution in [2.24, 2.45) is 0 Å². The van der Waals surface area contributed by atoms with Crippen molar-refractivity contribution < 1.29 is 14.3 Å². The standard InChI is InChI=1S/C12H12ClNO3/c13-10-3-1-2-9(6-10)11(15)7-14-4-5-17-8-12(14)16/h1-3,6H,4-5,7-8H2. The van der Waals surface area contributed by atoms with Gasteiger partial charge in [0.2, 0.25) is 5.91 Å². The van der Waals surface area contributed by atoms with Gasteiger partial charge in [0.1, 0.15) is 6.61 Å². The number of carbonyl (C=O) groups is 2. The van der Waals surface area contributed by atoms with Crippen molar-refractivity contribution in [1.82, 2.24) is 4.90 Å². The van der Waals surface area contributed by atoms with E-state index in [1.807, 2.05) is 0 Å². The Kier molecular flexibility index (Phi) is 3.76. The molecule has 0 bridgehead atoms. The smallest absolute Gasteiger partial charge is 0.249 e. The lowest BCUT2D eigenvalue weighted by molar-refractivity contribution is -0.141. The molecule has 1 aromatic carbocycles. The quantitative estimate of drug-likeness (QED) is 0.765. The molecule has 1 aliphatic rings. The Bertz CT molecular complexity index is 447. The fourth-order valence-corrected chi connectivity index (χ4v) is 1.83. The summed E-state index contributed by atoms with van der Waals surface area (Å²) in [6.07, 6.45) is 0. The molecule has 5 heteroatoms. The minimum absolute atomic E-state index is 0.0584. The van der Waals surface area contributed by atoms with Crippen LogP contribution in [-0.4, -0.2) is 42.9 Å². The molecule has 1 heterocycles. The number of hydrogen-bond acceptors (Lipinski definition) is 3. The van der Waals surface area contributed by atoms with Crippen LogP contribution in [-0.2, 0) is 9.53 Å². The first-order valence-corrected chi connectivity index (χ1v) is 5.69. The average Bonchev–Trinajstić information content (AvgIpc) is 2.32. The number of hydrogen-bond donors (Lipinski definition) is 0. The molecule has 1 aliphatic heterocycles. The molecular weight excluding hydrogens is 242 g/mol. The third-order valence-electron chi connectivity index (χ3n) is 2.56. The number of nitrogens with zero attached hydrogens (tertiary/aromatic N) is 1. The summed E-state index contributed by atoms with van der Waals surface area (Å²) >= 11 is 5.81. The second-order valence-electron chi connectivity index (χ2n) is 3.80. The Morgan fingerprint density at radius 1 is 1.47 bits per heavy atom. The van der Waals surface area contributed by atoms with E-state index < -0.39 is 0 Å². The van der Waals surface area contributed by atoms with Crippen LogP contribution in [0.3, 0.4) is 0 Å². The highest BCUT2D eigenvalue weighted by molar-refractivity contribution is 6.31. The fourth-order valence-electron chi connectivity index (χ4n) is 1.64. The van der Waals surface area contributed by atoms with E-state index in [1.165, 1.54) is 4.90 Å². The van der Waals surface area contributed by atoms with Gasteiger partial charge in [-0.25, -0.2) is 0 Å². The normalized spacial score (nSPS) is 16.1. The summed E-state index contributed by atoms with van der Waals surface area (Å²) in [5, 5.41) is 0.518. The molecule has 1 amide bonds. The zero-order chi connectivity index (χ0) is 12.3. The van der Waals surface area contributed by atoms with Crippen LogP contribution in [0.5, 0.6) is 0 Å². The highest BCUT2D eigenvalue weighted by Crippen LogP contribution is 2.12. The van der Waals surface area contributed by atoms with Gasteiger partial charge in [-0.3, -0.25) is 9.59 Å². The number of rotatable bonds is 3. The molecule has 0 saturated carbocycles. The van der Waals surface area contributed by atoms with E-state index in [1.54, 1.807) is 24.3 Å². The highest BCUT2D eigenvalue weighted by Gasteiger charge is 2.21. The molecule has 0 radical (unpaired) electrons. The van der Waals surface area contributed by atoms with Gasteiger partial charge in [-0.15, -0.1) is 0 Å². The molecule has 0 aliphatic carbocycles. The summed E-state index contributed by atoms with van der Waals surface area (Å²) in [7, 11) is 0. The van der Waals surface area contributed by atoms with Crippen molar-refractivity contribution >= 4 is 23.3 Å². The molecule has 1 aromatic rings. The van der Waals surface area contributed by atoms with E-state index in [2.05, 4.69) is 0 Å². The maximum Gasteiger partial charge on any atom is 0.249 e. The molecule has 0 atom stereocenters. The Hall–Kier alpha value is -1.39. The highest BCUT2D eigenvalue weighted by atomic mass is 35.5. The van der Waals surface area contributed by atoms with Crippen molar-refractivity contribution in [3.05, 3.63) is 34.9 Å². The van der Waals surface area contributed by atoms with Crippen LogP contribution in [0.25, 0.3) is 0 Å². The van der Waals surface area contributed by atoms with Gasteiger partial charge in [-0.2, -0.15) is 0 Å². The lowest BCUT2D eigenvalue weighted by atomic mass is 10.1. The molecule has 0 unspecified atom stereocenters. The van der Waals surface area contributed by atoms with Crippen LogP contribution in [0.4, 0.5) is 0 Å². The summed E-state index contributed by atoms with van der Waals surface area (Å²) in [4.78, 5) is 24.9. The van der Waals surface area contributed by atoms with Crippen molar-refractivity contribution in [1.29, 1.82) is 0 Å². The predicted octanol–water partition coefficient (Wildman–Crippen LogP) is 1.38. The van der Waals surface area contributed by atoms with Crippen LogP contribution in [0.15, 0.2) is 24.3 Å². The Balaban J connectivity index is 2.03. The van der Waals surface area contributed by atoms with Crippen LogP contribution in [0.1, 0.15) is 10.4 Å². The number of Topliss-reactive ketones (excluding diaryl/α,β-unsaturated/α-hetero) is 1. The predicted molar refractivity (Wildman–Crippen MR) is 63.2 cm³/mol. The number of amides is 1. The van der Waals surface area contributed by atoms with Gasteiger partial charge in [0.15, 0.2) is 5.78 Å². The first-order chi connectivity index (χ1) is 8.16. The van der Waals surface area contributed by atoms with Gasteiger partial charge in [0.25, 0.3) is 0 Å². The Morgan fingerprint density at radius 3 is 3.00 bits per heavy atom. The molecule has 2 rings (SSSR count). The molecule has 0 spiro atoms. The fraction of sp³-hybridized carbons (Fsp3) is 0.333. The molecule has 0 N–H and O–H groups in total. The van der Waals surface area contributed by atoms with E-state index in [0.717, 1.165) is 0 Å². The van der Waals surface area contributed by atoms with Gasteiger partial charge in [0, 0.05) is 17.1 Å². The molecular formula is C12H12ClNO3. The topological polar surface area (TPSA) is 46.6 Å². The van der Waals surface area contributed by atoms with Gasteiger partial charge in [-0.05, 0) is 12.1 Å². The van der Waals surface area contributed by atoms with Crippen molar-refractivity contribution in [3.8, 4) is 0 Å². The van der Waals surface area contributed by atoms with E-state index in [4.69, 9.17) is 16.3 Å². The van der Waals surface area contributed by atoms with E-state index >= 15 is 0 Å². The second-order valence-corrected chi connectivity index (χ2v) is 4.24. The summed E-state index contributed by atoms with van der Waals surface area (Å²) < 4.78 is 4.99. The largest absolute Gasteiger partial charge is 0.370 e. The lowest BCUT2D eigenvalue weighted by Gasteiger charge is -2.26. The van der Waals surface area contributed by atoms with Crippen molar-refractivity contribution in [2.45, 2.75) is 0 Å². The SMILES string of the molecule is O=C(CN1CCOCC1=O)c1cccc(Cl)c1. The van der Waals surface area contributed by atoms with Gasteiger partial charge in [-0.1, -0.05) is 23.7 Å². The first kappa shape index (κ1) is 12.1. The number of morpholine rings is 1. The molecule has 90 valence electrons. The third-order valence-corrected chi connectivity index (χ3v) is 2.80. The number of ether oxygens (including phenoxy) is 1. The number of halogens is 1. The molecule has 0 aromatic heterocycles. The molecule has 1 saturated heterocycles. The Morgan fingerprint density at radius 2 is 2.29 bits per heavy atom. The van der Waals surface area contributed by atoms with E-state index in [-0.39, 0.29) is 24.8 Å². The summed E-state index contributed by atoms with van der Waals surface area (Å²) in [6.45, 7) is 1.09. The van der Waals surface area contributed by atoms with Crippen molar-refractivity contribution in [2.75, 3.05) is 26.3 Å². The third kappa shape index (κ3) is 3.05. The Labute approximate surface area is 104 Å². The van der Waals surface area contributed by atoms with Crippen LogP contribution >= 0.6 is 11.6 Å².